The Morgan fingerprint density at radius 3 is 2.41 bits per heavy atom. The Labute approximate surface area is 160 Å². The summed E-state index contributed by atoms with van der Waals surface area (Å²) in [5.41, 5.74) is 3.06. The highest BCUT2D eigenvalue weighted by atomic mass is 16.5. The lowest BCUT2D eigenvalue weighted by Gasteiger charge is -2.35. The third kappa shape index (κ3) is 4.60. The van der Waals surface area contributed by atoms with Gasteiger partial charge in [0.25, 0.3) is 0 Å². The first-order chi connectivity index (χ1) is 13.0. The van der Waals surface area contributed by atoms with Crippen LogP contribution in [-0.2, 0) is 17.9 Å². The number of carbonyl (C=O) groups is 1. The minimum absolute atomic E-state index is 0.125. The molecular weight excluding hydrogens is 344 g/mol. The van der Waals surface area contributed by atoms with Gasteiger partial charge in [0.05, 0.1) is 19.9 Å². The summed E-state index contributed by atoms with van der Waals surface area (Å²) in [6, 6.07) is 7.84. The van der Waals surface area contributed by atoms with Gasteiger partial charge in [0.15, 0.2) is 0 Å². The molecule has 1 saturated heterocycles. The van der Waals surface area contributed by atoms with Crippen LogP contribution < -0.4 is 9.47 Å². The molecule has 1 aliphatic rings. The number of carbonyl (C=O) groups excluding carboxylic acids is 1. The first-order valence-corrected chi connectivity index (χ1v) is 9.22. The lowest BCUT2D eigenvalue weighted by molar-refractivity contribution is -0.133. The third-order valence-electron chi connectivity index (χ3n) is 4.99. The summed E-state index contributed by atoms with van der Waals surface area (Å²) in [5.74, 6) is 1.81. The second kappa shape index (κ2) is 8.43. The second-order valence-corrected chi connectivity index (χ2v) is 6.92. The average molecular weight is 372 g/mol. The number of aromatic nitrogens is 2. The highest BCUT2D eigenvalue weighted by Crippen LogP contribution is 2.25. The van der Waals surface area contributed by atoms with Crippen LogP contribution in [0.15, 0.2) is 24.3 Å². The maximum Gasteiger partial charge on any atom is 0.244 e. The molecule has 0 bridgehead atoms. The van der Waals surface area contributed by atoms with Crippen molar-refractivity contribution in [1.82, 2.24) is 19.6 Å². The molecule has 2 aromatic rings. The topological polar surface area (TPSA) is 59.8 Å². The molecule has 1 fully saturated rings. The summed E-state index contributed by atoms with van der Waals surface area (Å²) in [6.45, 7) is 8.14. The molecular formula is C20H28N4O3. The van der Waals surface area contributed by atoms with Crippen molar-refractivity contribution in [3.63, 3.8) is 0 Å². The van der Waals surface area contributed by atoms with Crippen LogP contribution in [0.3, 0.4) is 0 Å². The minimum atomic E-state index is 0.125. The van der Waals surface area contributed by atoms with E-state index in [0.717, 1.165) is 61.2 Å². The molecule has 7 nitrogen and oxygen atoms in total. The molecule has 0 atom stereocenters. The number of amides is 1. The Kier molecular flexibility index (Phi) is 6.01. The number of nitrogens with zero attached hydrogens (tertiary/aromatic N) is 4. The van der Waals surface area contributed by atoms with Gasteiger partial charge in [0.2, 0.25) is 5.91 Å². The van der Waals surface area contributed by atoms with E-state index in [9.17, 15) is 4.79 Å². The number of methoxy groups -OCH3 is 2. The molecule has 0 saturated carbocycles. The number of rotatable bonds is 6. The fourth-order valence-electron chi connectivity index (χ4n) is 3.46. The molecule has 1 aromatic heterocycles. The first kappa shape index (κ1) is 19.2. The lowest BCUT2D eigenvalue weighted by atomic mass is 10.1. The van der Waals surface area contributed by atoms with Crippen molar-refractivity contribution < 1.29 is 14.3 Å². The number of hydrogen-bond acceptors (Lipinski definition) is 5. The highest BCUT2D eigenvalue weighted by molar-refractivity contribution is 5.76. The molecule has 1 aliphatic heterocycles. The summed E-state index contributed by atoms with van der Waals surface area (Å²) in [5, 5.41) is 4.38. The van der Waals surface area contributed by atoms with E-state index < -0.39 is 0 Å². The Morgan fingerprint density at radius 1 is 1.07 bits per heavy atom. The monoisotopic (exact) mass is 372 g/mol. The molecule has 0 radical (unpaired) electrons. The van der Waals surface area contributed by atoms with Crippen LogP contribution in [0.25, 0.3) is 0 Å². The van der Waals surface area contributed by atoms with Gasteiger partial charge in [0, 0.05) is 44.0 Å². The van der Waals surface area contributed by atoms with Crippen LogP contribution in [0, 0.1) is 13.8 Å². The van der Waals surface area contributed by atoms with Gasteiger partial charge in [-0.05, 0) is 38.1 Å². The van der Waals surface area contributed by atoms with Crippen molar-refractivity contribution in [2.75, 3.05) is 40.4 Å². The molecule has 0 N–H and O–H groups in total. The van der Waals surface area contributed by atoms with Gasteiger partial charge < -0.3 is 14.4 Å². The average Bonchev–Trinajstić information content (AvgIpc) is 2.99. The van der Waals surface area contributed by atoms with Crippen LogP contribution in [0.4, 0.5) is 0 Å². The molecule has 0 spiro atoms. The maximum atomic E-state index is 12.6. The first-order valence-electron chi connectivity index (χ1n) is 9.22. The summed E-state index contributed by atoms with van der Waals surface area (Å²) >= 11 is 0. The second-order valence-electron chi connectivity index (χ2n) is 6.92. The van der Waals surface area contributed by atoms with Crippen molar-refractivity contribution >= 4 is 5.91 Å². The Hall–Kier alpha value is -2.54. The molecule has 3 rings (SSSR count). The number of aryl methyl sites for hydroxylation is 2. The zero-order valence-electron chi connectivity index (χ0n) is 16.6. The number of benzene rings is 1. The van der Waals surface area contributed by atoms with Crippen LogP contribution >= 0.6 is 0 Å². The number of ether oxygens (including phenoxy) is 2. The van der Waals surface area contributed by atoms with Crippen LogP contribution in [0.5, 0.6) is 11.5 Å². The largest absolute Gasteiger partial charge is 0.497 e. The molecule has 146 valence electrons. The molecule has 1 aromatic carbocycles. The van der Waals surface area contributed by atoms with Crippen LogP contribution in [0.2, 0.25) is 0 Å². The summed E-state index contributed by atoms with van der Waals surface area (Å²) in [6.07, 6.45) is 0. The van der Waals surface area contributed by atoms with E-state index in [-0.39, 0.29) is 5.91 Å². The van der Waals surface area contributed by atoms with E-state index in [0.29, 0.717) is 6.54 Å². The van der Waals surface area contributed by atoms with E-state index in [1.807, 2.05) is 43.0 Å². The summed E-state index contributed by atoms with van der Waals surface area (Å²) in [4.78, 5) is 16.9. The van der Waals surface area contributed by atoms with Crippen molar-refractivity contribution in [3.05, 3.63) is 41.2 Å². The SMILES string of the molecule is COc1ccc(OC)c(CN2CCN(C(=O)Cn3nc(C)cc3C)CC2)c1. The van der Waals surface area contributed by atoms with E-state index in [2.05, 4.69) is 10.00 Å². The van der Waals surface area contributed by atoms with Gasteiger partial charge in [-0.3, -0.25) is 14.4 Å². The highest BCUT2D eigenvalue weighted by Gasteiger charge is 2.22. The van der Waals surface area contributed by atoms with Gasteiger partial charge in [-0.1, -0.05) is 0 Å². The normalized spacial score (nSPS) is 15.0. The lowest BCUT2D eigenvalue weighted by Crippen LogP contribution is -2.49. The maximum absolute atomic E-state index is 12.6. The third-order valence-corrected chi connectivity index (χ3v) is 4.99. The summed E-state index contributed by atoms with van der Waals surface area (Å²) < 4.78 is 12.6. The Morgan fingerprint density at radius 2 is 1.81 bits per heavy atom. The molecule has 0 unspecified atom stereocenters. The molecule has 7 heteroatoms. The van der Waals surface area contributed by atoms with Gasteiger partial charge in [-0.25, -0.2) is 0 Å². The zero-order chi connectivity index (χ0) is 19.4. The Balaban J connectivity index is 1.56. The van der Waals surface area contributed by atoms with Crippen molar-refractivity contribution in [1.29, 1.82) is 0 Å². The van der Waals surface area contributed by atoms with Crippen molar-refractivity contribution in [2.24, 2.45) is 0 Å². The van der Waals surface area contributed by atoms with Crippen molar-refractivity contribution in [2.45, 2.75) is 26.9 Å². The van der Waals surface area contributed by atoms with Crippen molar-refractivity contribution in [3.8, 4) is 11.5 Å². The van der Waals surface area contributed by atoms with Crippen LogP contribution in [-0.4, -0.2) is 65.9 Å². The van der Waals surface area contributed by atoms with Gasteiger partial charge in [0.1, 0.15) is 18.0 Å². The smallest absolute Gasteiger partial charge is 0.244 e. The van der Waals surface area contributed by atoms with E-state index in [1.54, 1.807) is 18.9 Å². The van der Waals surface area contributed by atoms with Gasteiger partial charge in [-0.2, -0.15) is 5.10 Å². The predicted molar refractivity (Wildman–Crippen MR) is 103 cm³/mol. The molecule has 0 aliphatic carbocycles. The standard InChI is InChI=1S/C20H28N4O3/c1-15-11-16(2)24(21-15)14-20(25)23-9-7-22(8-10-23)13-17-12-18(26-3)5-6-19(17)27-4/h5-6,11-12H,7-10,13-14H2,1-4H3. The van der Waals surface area contributed by atoms with E-state index >= 15 is 0 Å². The molecule has 2 heterocycles. The quantitative estimate of drug-likeness (QED) is 0.775. The fraction of sp³-hybridized carbons (Fsp3) is 0.500. The van der Waals surface area contributed by atoms with E-state index in [4.69, 9.17) is 9.47 Å². The number of hydrogen-bond donors (Lipinski definition) is 0. The summed E-state index contributed by atoms with van der Waals surface area (Å²) in [7, 11) is 3.35. The number of piperazine rings is 1. The Bertz CT molecular complexity index is 795. The van der Waals surface area contributed by atoms with Gasteiger partial charge >= 0.3 is 0 Å². The molecule has 1 amide bonds. The fourth-order valence-corrected chi connectivity index (χ4v) is 3.46. The van der Waals surface area contributed by atoms with Gasteiger partial charge in [-0.15, -0.1) is 0 Å². The zero-order valence-corrected chi connectivity index (χ0v) is 16.6. The predicted octanol–water partition coefficient (Wildman–Crippen LogP) is 1.86. The molecule has 27 heavy (non-hydrogen) atoms. The minimum Gasteiger partial charge on any atom is -0.497 e. The van der Waals surface area contributed by atoms with E-state index in [1.165, 1.54) is 0 Å². The van der Waals surface area contributed by atoms with Crippen LogP contribution in [0.1, 0.15) is 17.0 Å².